The fraction of sp³-hybridized carbons (Fsp3) is 0.600. The molecule has 2 saturated heterocycles. The van der Waals surface area contributed by atoms with Gasteiger partial charge in [0.15, 0.2) is 11.1 Å². The molecule has 0 N–H and O–H groups in total. The van der Waals surface area contributed by atoms with Crippen molar-refractivity contribution in [2.45, 2.75) is 65.5 Å². The largest absolute Gasteiger partial charge is 0.441 e. The lowest BCUT2D eigenvalue weighted by atomic mass is 10.2. The van der Waals surface area contributed by atoms with Crippen molar-refractivity contribution in [3.05, 3.63) is 22.8 Å². The van der Waals surface area contributed by atoms with Crippen LogP contribution in [0.5, 0.6) is 0 Å². The molecule has 2 fully saturated rings. The summed E-state index contributed by atoms with van der Waals surface area (Å²) >= 11 is 1.44. The van der Waals surface area contributed by atoms with Gasteiger partial charge in [0, 0.05) is 37.3 Å². The van der Waals surface area contributed by atoms with Gasteiger partial charge in [-0.2, -0.15) is 0 Å². The lowest BCUT2D eigenvalue weighted by Crippen LogP contribution is -2.35. The number of rotatable bonds is 4. The molecule has 142 valence electrons. The standard InChI is InChI=1S/C20H29N3O2S/c1-14(2)21-20-23(15(3)4)19(24)17(26-20)13-16-9-10-18(25-16)22-11-7-5-6-8-12-22/h9-10,13-15H,5-8,11-12H2,1-4H3/b17-13+,21-20?. The van der Waals surface area contributed by atoms with Crippen molar-refractivity contribution in [3.63, 3.8) is 0 Å². The molecule has 0 aromatic carbocycles. The molecule has 6 heteroatoms. The Kier molecular flexibility index (Phi) is 6.12. The Balaban J connectivity index is 1.80. The van der Waals surface area contributed by atoms with Crippen LogP contribution in [0.25, 0.3) is 6.08 Å². The first kappa shape index (κ1) is 19.1. The number of carbonyl (C=O) groups is 1. The predicted octanol–water partition coefficient (Wildman–Crippen LogP) is 4.75. The Morgan fingerprint density at radius 3 is 2.42 bits per heavy atom. The topological polar surface area (TPSA) is 49.1 Å². The first-order valence-corrected chi connectivity index (χ1v) is 10.4. The van der Waals surface area contributed by atoms with Crippen LogP contribution in [0.2, 0.25) is 0 Å². The van der Waals surface area contributed by atoms with Crippen molar-refractivity contribution in [2.24, 2.45) is 4.99 Å². The fourth-order valence-corrected chi connectivity index (χ4v) is 4.48. The van der Waals surface area contributed by atoms with E-state index < -0.39 is 0 Å². The molecule has 0 saturated carbocycles. The third kappa shape index (κ3) is 4.34. The molecule has 1 amide bonds. The van der Waals surface area contributed by atoms with Crippen molar-refractivity contribution in [1.82, 2.24) is 4.90 Å². The Bertz CT molecular complexity index is 698. The van der Waals surface area contributed by atoms with Crippen LogP contribution >= 0.6 is 11.8 Å². The highest BCUT2D eigenvalue weighted by atomic mass is 32.2. The van der Waals surface area contributed by atoms with E-state index in [-0.39, 0.29) is 18.0 Å². The van der Waals surface area contributed by atoms with E-state index in [1.54, 1.807) is 4.90 Å². The molecule has 0 atom stereocenters. The third-order valence-corrected chi connectivity index (χ3v) is 5.52. The smallest absolute Gasteiger partial charge is 0.267 e. The average Bonchev–Trinajstić information content (AvgIpc) is 3.02. The maximum atomic E-state index is 12.8. The van der Waals surface area contributed by atoms with Crippen LogP contribution in [0.1, 0.15) is 59.1 Å². The van der Waals surface area contributed by atoms with Crippen molar-refractivity contribution in [3.8, 4) is 0 Å². The quantitative estimate of drug-likeness (QED) is 0.713. The number of furan rings is 1. The zero-order valence-corrected chi connectivity index (χ0v) is 17.0. The number of amidine groups is 1. The summed E-state index contributed by atoms with van der Waals surface area (Å²) in [5.74, 6) is 1.65. The summed E-state index contributed by atoms with van der Waals surface area (Å²) in [5.41, 5.74) is 0. The van der Waals surface area contributed by atoms with Crippen LogP contribution in [0, 0.1) is 0 Å². The molecule has 2 aliphatic heterocycles. The van der Waals surface area contributed by atoms with Gasteiger partial charge in [-0.15, -0.1) is 0 Å². The van der Waals surface area contributed by atoms with E-state index in [0.29, 0.717) is 4.91 Å². The van der Waals surface area contributed by atoms with E-state index in [1.165, 1.54) is 37.4 Å². The predicted molar refractivity (Wildman–Crippen MR) is 110 cm³/mol. The number of anilines is 1. The van der Waals surface area contributed by atoms with Gasteiger partial charge in [0.2, 0.25) is 0 Å². The van der Waals surface area contributed by atoms with E-state index in [9.17, 15) is 4.79 Å². The van der Waals surface area contributed by atoms with Gasteiger partial charge in [-0.3, -0.25) is 14.7 Å². The van der Waals surface area contributed by atoms with Crippen molar-refractivity contribution >= 4 is 34.8 Å². The number of thioether (sulfide) groups is 1. The second-order valence-corrected chi connectivity index (χ2v) is 8.47. The lowest BCUT2D eigenvalue weighted by Gasteiger charge is -2.20. The summed E-state index contributed by atoms with van der Waals surface area (Å²) in [5, 5.41) is 0.783. The molecule has 3 rings (SSSR count). The lowest BCUT2D eigenvalue weighted by molar-refractivity contribution is -0.123. The Morgan fingerprint density at radius 2 is 1.81 bits per heavy atom. The molecule has 0 spiro atoms. The number of aliphatic imine (C=N–C) groups is 1. The fourth-order valence-electron chi connectivity index (χ4n) is 3.26. The maximum absolute atomic E-state index is 12.8. The normalized spacial score (nSPS) is 22.3. The van der Waals surface area contributed by atoms with Gasteiger partial charge >= 0.3 is 0 Å². The highest BCUT2D eigenvalue weighted by Crippen LogP contribution is 2.35. The Hall–Kier alpha value is -1.69. The molecule has 0 unspecified atom stereocenters. The number of nitrogens with zero attached hydrogens (tertiary/aromatic N) is 3. The van der Waals surface area contributed by atoms with Crippen LogP contribution in [0.4, 0.5) is 5.88 Å². The molecule has 3 heterocycles. The molecule has 1 aromatic heterocycles. The molecule has 1 aromatic rings. The Morgan fingerprint density at radius 1 is 1.12 bits per heavy atom. The van der Waals surface area contributed by atoms with Crippen LogP contribution in [-0.2, 0) is 4.79 Å². The summed E-state index contributed by atoms with van der Waals surface area (Å²) in [4.78, 5) is 22.2. The van der Waals surface area contributed by atoms with Gasteiger partial charge < -0.3 is 9.32 Å². The minimum atomic E-state index is 0.0112. The zero-order valence-electron chi connectivity index (χ0n) is 16.2. The van der Waals surface area contributed by atoms with Gasteiger partial charge in [0.1, 0.15) is 5.76 Å². The van der Waals surface area contributed by atoms with Gasteiger partial charge in [-0.25, -0.2) is 0 Å². The van der Waals surface area contributed by atoms with Gasteiger partial charge in [0.05, 0.1) is 4.91 Å². The maximum Gasteiger partial charge on any atom is 0.267 e. The molecule has 5 nitrogen and oxygen atoms in total. The number of hydrogen-bond donors (Lipinski definition) is 0. The van der Waals surface area contributed by atoms with Crippen molar-refractivity contribution < 1.29 is 9.21 Å². The highest BCUT2D eigenvalue weighted by Gasteiger charge is 2.35. The summed E-state index contributed by atoms with van der Waals surface area (Å²) in [6, 6.07) is 4.22. The van der Waals surface area contributed by atoms with E-state index in [4.69, 9.17) is 4.42 Å². The molecule has 0 aliphatic carbocycles. The van der Waals surface area contributed by atoms with Crippen LogP contribution in [-0.4, -0.2) is 41.1 Å². The van der Waals surface area contributed by atoms with E-state index in [0.717, 1.165) is 29.9 Å². The second kappa shape index (κ2) is 8.33. The summed E-state index contributed by atoms with van der Waals surface area (Å²) in [7, 11) is 0. The van der Waals surface area contributed by atoms with Crippen LogP contribution in [0.3, 0.4) is 0 Å². The van der Waals surface area contributed by atoms with E-state index in [1.807, 2.05) is 45.9 Å². The minimum absolute atomic E-state index is 0.0112. The molecular formula is C20H29N3O2S. The second-order valence-electron chi connectivity index (χ2n) is 7.46. The van der Waals surface area contributed by atoms with E-state index >= 15 is 0 Å². The highest BCUT2D eigenvalue weighted by molar-refractivity contribution is 8.18. The Labute approximate surface area is 160 Å². The van der Waals surface area contributed by atoms with Crippen LogP contribution < -0.4 is 4.90 Å². The molecule has 0 radical (unpaired) electrons. The number of amides is 1. The van der Waals surface area contributed by atoms with E-state index in [2.05, 4.69) is 9.89 Å². The minimum Gasteiger partial charge on any atom is -0.441 e. The first-order chi connectivity index (χ1) is 12.5. The molecule has 0 bridgehead atoms. The zero-order chi connectivity index (χ0) is 18.7. The molecule has 26 heavy (non-hydrogen) atoms. The van der Waals surface area contributed by atoms with Crippen molar-refractivity contribution in [2.75, 3.05) is 18.0 Å². The van der Waals surface area contributed by atoms with Crippen LogP contribution in [0.15, 0.2) is 26.4 Å². The molecule has 2 aliphatic rings. The summed E-state index contributed by atoms with van der Waals surface area (Å²) < 4.78 is 6.03. The SMILES string of the molecule is CC(C)N=C1S/C(=C/c2ccc(N3CCCCCC3)o2)C(=O)N1C(C)C. The van der Waals surface area contributed by atoms with Gasteiger partial charge in [-0.05, 0) is 58.4 Å². The first-order valence-electron chi connectivity index (χ1n) is 9.61. The number of carbonyl (C=O) groups excluding carboxylic acids is 1. The van der Waals surface area contributed by atoms with Gasteiger partial charge in [0.25, 0.3) is 5.91 Å². The summed E-state index contributed by atoms with van der Waals surface area (Å²) in [6.45, 7) is 10.2. The molecular weight excluding hydrogens is 346 g/mol. The third-order valence-electron chi connectivity index (χ3n) is 4.53. The monoisotopic (exact) mass is 375 g/mol. The van der Waals surface area contributed by atoms with Gasteiger partial charge in [-0.1, -0.05) is 12.8 Å². The van der Waals surface area contributed by atoms with Crippen molar-refractivity contribution in [1.29, 1.82) is 0 Å². The average molecular weight is 376 g/mol. The number of hydrogen-bond acceptors (Lipinski definition) is 5. The summed E-state index contributed by atoms with van der Waals surface area (Å²) in [6.07, 6.45) is 6.87.